The van der Waals surface area contributed by atoms with E-state index in [1.165, 1.54) is 0 Å². The minimum atomic E-state index is -0.611. The summed E-state index contributed by atoms with van der Waals surface area (Å²) in [6.45, 7) is 3.17. The van der Waals surface area contributed by atoms with Gasteiger partial charge in [0.05, 0.1) is 11.0 Å². The standard InChI is InChI=1S/C13H15N3O2/c1-13(5-2-6-14-13)8-3-4-9-10(7-8)16-12(18)11(17)15-9/h3-4,7,14H,2,5-6H2,1H3,(H,15,17)(H,16,18). The number of H-pyrrole nitrogens is 2. The molecule has 1 fully saturated rings. The topological polar surface area (TPSA) is 77.8 Å². The van der Waals surface area contributed by atoms with Crippen molar-refractivity contribution < 1.29 is 0 Å². The van der Waals surface area contributed by atoms with Gasteiger partial charge in [-0.2, -0.15) is 0 Å². The van der Waals surface area contributed by atoms with Crippen molar-refractivity contribution in [2.24, 2.45) is 0 Å². The summed E-state index contributed by atoms with van der Waals surface area (Å²) < 4.78 is 0. The first-order chi connectivity index (χ1) is 8.58. The Kier molecular flexibility index (Phi) is 2.38. The molecule has 0 saturated carbocycles. The molecule has 18 heavy (non-hydrogen) atoms. The van der Waals surface area contributed by atoms with Crippen molar-refractivity contribution >= 4 is 11.0 Å². The largest absolute Gasteiger partial charge is 0.316 e. The van der Waals surface area contributed by atoms with Crippen molar-refractivity contribution in [3.63, 3.8) is 0 Å². The molecule has 1 unspecified atom stereocenters. The second kappa shape index (κ2) is 3.81. The number of aromatic nitrogens is 2. The first kappa shape index (κ1) is 11.2. The number of hydrogen-bond acceptors (Lipinski definition) is 3. The van der Waals surface area contributed by atoms with E-state index >= 15 is 0 Å². The molecule has 0 spiro atoms. The molecule has 1 aliphatic rings. The van der Waals surface area contributed by atoms with E-state index in [1.54, 1.807) is 0 Å². The number of hydrogen-bond donors (Lipinski definition) is 3. The number of nitrogens with one attached hydrogen (secondary N) is 3. The van der Waals surface area contributed by atoms with Gasteiger partial charge in [0.15, 0.2) is 0 Å². The van der Waals surface area contributed by atoms with Gasteiger partial charge in [0.1, 0.15) is 0 Å². The normalized spacial score (nSPS) is 23.6. The Morgan fingerprint density at radius 3 is 2.50 bits per heavy atom. The molecule has 2 aromatic rings. The third-order valence-electron chi connectivity index (χ3n) is 3.73. The Balaban J connectivity index is 2.19. The molecule has 0 bridgehead atoms. The van der Waals surface area contributed by atoms with E-state index in [0.29, 0.717) is 11.0 Å². The Labute approximate surface area is 103 Å². The maximum absolute atomic E-state index is 11.3. The average molecular weight is 245 g/mol. The molecule has 1 saturated heterocycles. The predicted octanol–water partition coefficient (Wildman–Crippen LogP) is 0.815. The van der Waals surface area contributed by atoms with Gasteiger partial charge in [0, 0.05) is 5.54 Å². The fourth-order valence-corrected chi connectivity index (χ4v) is 2.60. The first-order valence-corrected chi connectivity index (χ1v) is 6.10. The summed E-state index contributed by atoms with van der Waals surface area (Å²) in [5.41, 5.74) is 1.21. The highest BCUT2D eigenvalue weighted by Gasteiger charge is 2.29. The summed E-state index contributed by atoms with van der Waals surface area (Å²) in [4.78, 5) is 27.7. The summed E-state index contributed by atoms with van der Waals surface area (Å²) >= 11 is 0. The lowest BCUT2D eigenvalue weighted by Crippen LogP contribution is -2.33. The lowest BCUT2D eigenvalue weighted by molar-refractivity contribution is 0.435. The van der Waals surface area contributed by atoms with Crippen LogP contribution in [0.1, 0.15) is 25.3 Å². The van der Waals surface area contributed by atoms with Crippen LogP contribution in [0.15, 0.2) is 27.8 Å². The molecule has 3 N–H and O–H groups in total. The molecule has 3 rings (SSSR count). The zero-order chi connectivity index (χ0) is 12.8. The summed E-state index contributed by atoms with van der Waals surface area (Å²) in [7, 11) is 0. The molecule has 0 radical (unpaired) electrons. The highest BCUT2D eigenvalue weighted by molar-refractivity contribution is 5.74. The Morgan fingerprint density at radius 1 is 1.11 bits per heavy atom. The van der Waals surface area contributed by atoms with Crippen molar-refractivity contribution in [3.05, 3.63) is 44.5 Å². The fourth-order valence-electron chi connectivity index (χ4n) is 2.60. The molecule has 1 aliphatic heterocycles. The molecule has 0 aliphatic carbocycles. The monoisotopic (exact) mass is 245 g/mol. The van der Waals surface area contributed by atoms with E-state index in [0.717, 1.165) is 24.9 Å². The van der Waals surface area contributed by atoms with Crippen molar-refractivity contribution in [2.45, 2.75) is 25.3 Å². The number of fused-ring (bicyclic) bond motifs is 1. The highest BCUT2D eigenvalue weighted by Crippen LogP contribution is 2.31. The van der Waals surface area contributed by atoms with E-state index in [-0.39, 0.29) is 5.54 Å². The molecule has 2 heterocycles. The van der Waals surface area contributed by atoms with Crippen LogP contribution < -0.4 is 16.4 Å². The van der Waals surface area contributed by atoms with Gasteiger partial charge in [0.25, 0.3) is 0 Å². The maximum atomic E-state index is 11.3. The lowest BCUT2D eigenvalue weighted by atomic mass is 9.90. The van der Waals surface area contributed by atoms with Gasteiger partial charge >= 0.3 is 11.1 Å². The zero-order valence-electron chi connectivity index (χ0n) is 10.2. The van der Waals surface area contributed by atoms with Crippen molar-refractivity contribution in [1.29, 1.82) is 0 Å². The van der Waals surface area contributed by atoms with Crippen LogP contribution in [0.2, 0.25) is 0 Å². The lowest BCUT2D eigenvalue weighted by Gasteiger charge is -2.25. The van der Waals surface area contributed by atoms with Crippen molar-refractivity contribution in [2.75, 3.05) is 6.54 Å². The van der Waals surface area contributed by atoms with Gasteiger partial charge in [-0.25, -0.2) is 0 Å². The van der Waals surface area contributed by atoms with E-state index in [2.05, 4.69) is 22.2 Å². The molecule has 1 atom stereocenters. The Bertz CT molecular complexity index is 708. The number of rotatable bonds is 1. The molecular formula is C13H15N3O2. The minimum Gasteiger partial charge on any atom is -0.316 e. The van der Waals surface area contributed by atoms with Crippen LogP contribution >= 0.6 is 0 Å². The van der Waals surface area contributed by atoms with Crippen LogP contribution in [-0.4, -0.2) is 16.5 Å². The predicted molar refractivity (Wildman–Crippen MR) is 69.8 cm³/mol. The second-order valence-corrected chi connectivity index (χ2v) is 5.03. The molecule has 1 aromatic carbocycles. The average Bonchev–Trinajstić information content (AvgIpc) is 2.78. The van der Waals surface area contributed by atoms with E-state index in [1.807, 2.05) is 18.2 Å². The van der Waals surface area contributed by atoms with Gasteiger partial charge in [-0.1, -0.05) is 6.07 Å². The molecular weight excluding hydrogens is 230 g/mol. The number of benzene rings is 1. The van der Waals surface area contributed by atoms with Crippen molar-refractivity contribution in [1.82, 2.24) is 15.3 Å². The van der Waals surface area contributed by atoms with Crippen LogP contribution in [0.3, 0.4) is 0 Å². The van der Waals surface area contributed by atoms with E-state index in [9.17, 15) is 9.59 Å². The molecule has 5 nitrogen and oxygen atoms in total. The summed E-state index contributed by atoms with van der Waals surface area (Å²) in [5.74, 6) is 0. The first-order valence-electron chi connectivity index (χ1n) is 6.10. The van der Waals surface area contributed by atoms with Gasteiger partial charge in [-0.3, -0.25) is 9.59 Å². The summed E-state index contributed by atoms with van der Waals surface area (Å²) in [6, 6.07) is 5.77. The Morgan fingerprint density at radius 2 is 1.83 bits per heavy atom. The van der Waals surface area contributed by atoms with Crippen LogP contribution in [0, 0.1) is 0 Å². The van der Waals surface area contributed by atoms with Gasteiger partial charge < -0.3 is 15.3 Å². The van der Waals surface area contributed by atoms with Crippen LogP contribution in [-0.2, 0) is 5.54 Å². The second-order valence-electron chi connectivity index (χ2n) is 5.03. The zero-order valence-corrected chi connectivity index (χ0v) is 10.2. The third kappa shape index (κ3) is 1.67. The maximum Gasteiger partial charge on any atom is 0.314 e. The van der Waals surface area contributed by atoms with Crippen LogP contribution in [0.4, 0.5) is 0 Å². The molecule has 0 amide bonds. The minimum absolute atomic E-state index is 0.0405. The van der Waals surface area contributed by atoms with E-state index in [4.69, 9.17) is 0 Å². The van der Waals surface area contributed by atoms with Crippen LogP contribution in [0.5, 0.6) is 0 Å². The highest BCUT2D eigenvalue weighted by atomic mass is 16.2. The summed E-state index contributed by atoms with van der Waals surface area (Å²) in [5, 5.41) is 3.48. The van der Waals surface area contributed by atoms with Gasteiger partial charge in [0.2, 0.25) is 0 Å². The van der Waals surface area contributed by atoms with E-state index < -0.39 is 11.1 Å². The van der Waals surface area contributed by atoms with Crippen LogP contribution in [0.25, 0.3) is 11.0 Å². The quantitative estimate of drug-likeness (QED) is 0.651. The number of aromatic amines is 2. The van der Waals surface area contributed by atoms with Crippen molar-refractivity contribution in [3.8, 4) is 0 Å². The van der Waals surface area contributed by atoms with Gasteiger partial charge in [-0.15, -0.1) is 0 Å². The summed E-state index contributed by atoms with van der Waals surface area (Å²) in [6.07, 6.45) is 2.22. The Hall–Kier alpha value is -1.88. The smallest absolute Gasteiger partial charge is 0.314 e. The molecule has 1 aromatic heterocycles. The molecule has 5 heteroatoms. The third-order valence-corrected chi connectivity index (χ3v) is 3.73. The molecule has 94 valence electrons. The van der Waals surface area contributed by atoms with Gasteiger partial charge in [-0.05, 0) is 44.0 Å². The SMILES string of the molecule is CC1(c2ccc3[nH]c(=O)c(=O)[nH]c3c2)CCCN1. The fraction of sp³-hybridized carbons (Fsp3) is 0.385.